The van der Waals surface area contributed by atoms with Crippen molar-refractivity contribution in [2.24, 2.45) is 40.4 Å². The minimum absolute atomic E-state index is 0.0632. The Balaban J connectivity index is 1.39. The van der Waals surface area contributed by atoms with Crippen LogP contribution in [0.5, 0.6) is 0 Å². The zero-order chi connectivity index (χ0) is 21.1. The molecule has 30 heavy (non-hydrogen) atoms. The molecular weight excluding hydrogens is 378 g/mol. The zero-order valence-corrected chi connectivity index (χ0v) is 18.9. The Morgan fingerprint density at radius 1 is 1.03 bits per heavy atom. The highest BCUT2D eigenvalue weighted by molar-refractivity contribution is 5.83. The quantitative estimate of drug-likeness (QED) is 0.736. The predicted molar refractivity (Wildman–Crippen MR) is 115 cm³/mol. The first kappa shape index (κ1) is 21.4. The van der Waals surface area contributed by atoms with Crippen LogP contribution in [0, 0.1) is 40.4 Å². The van der Waals surface area contributed by atoms with E-state index in [1.165, 1.54) is 19.3 Å². The first-order valence-electron chi connectivity index (χ1n) is 12.5. The molecule has 9 atom stereocenters. The van der Waals surface area contributed by atoms with E-state index in [9.17, 15) is 15.0 Å². The van der Waals surface area contributed by atoms with E-state index in [2.05, 4.69) is 18.7 Å². The molecule has 4 saturated carbocycles. The summed E-state index contributed by atoms with van der Waals surface area (Å²) >= 11 is 0. The van der Waals surface area contributed by atoms with Gasteiger partial charge in [0, 0.05) is 25.0 Å². The van der Waals surface area contributed by atoms with Crippen molar-refractivity contribution in [1.29, 1.82) is 0 Å². The maximum Gasteiger partial charge on any atom is 0.161 e. The summed E-state index contributed by atoms with van der Waals surface area (Å²) in [4.78, 5) is 15.0. The second kappa shape index (κ2) is 7.83. The molecule has 5 nitrogen and oxygen atoms in total. The number of carbonyl (C=O) groups is 1. The standard InChI is InChI=1S/C25H41NO4/c1-24-8-7-19-17(18(24)5-6-20(24)23(29)15-27)4-3-16-13-22(28)21(14-25(16,19)2)26-9-11-30-12-10-26/h16-22,27-28H,3-15H2,1-2H3/t16-,17-,18-,19-,20?,21-,22-,24-,25-/m0/s1. The van der Waals surface area contributed by atoms with Gasteiger partial charge in [0.15, 0.2) is 5.78 Å². The Kier molecular flexibility index (Phi) is 5.57. The number of Topliss-reactive ketones (excluding diaryl/α,β-unsaturated/α-hetero) is 1. The van der Waals surface area contributed by atoms with Crippen molar-refractivity contribution < 1.29 is 19.7 Å². The van der Waals surface area contributed by atoms with Crippen molar-refractivity contribution >= 4 is 5.78 Å². The van der Waals surface area contributed by atoms with Gasteiger partial charge in [0.25, 0.3) is 0 Å². The van der Waals surface area contributed by atoms with Crippen LogP contribution in [0.25, 0.3) is 0 Å². The van der Waals surface area contributed by atoms with Crippen LogP contribution in [-0.2, 0) is 9.53 Å². The van der Waals surface area contributed by atoms with Gasteiger partial charge in [-0.25, -0.2) is 0 Å². The van der Waals surface area contributed by atoms with Crippen LogP contribution in [0.2, 0.25) is 0 Å². The fourth-order valence-corrected chi connectivity index (χ4v) is 9.20. The fraction of sp³-hybridized carbons (Fsp3) is 0.960. The van der Waals surface area contributed by atoms with Crippen molar-refractivity contribution in [1.82, 2.24) is 4.90 Å². The van der Waals surface area contributed by atoms with E-state index in [0.29, 0.717) is 29.1 Å². The Hall–Kier alpha value is -0.490. The molecule has 5 fully saturated rings. The number of hydrogen-bond acceptors (Lipinski definition) is 5. The summed E-state index contributed by atoms with van der Waals surface area (Å²) in [7, 11) is 0. The third-order valence-corrected chi connectivity index (χ3v) is 10.7. The molecule has 0 aromatic heterocycles. The average molecular weight is 420 g/mol. The van der Waals surface area contributed by atoms with Crippen LogP contribution < -0.4 is 0 Å². The molecule has 5 heteroatoms. The number of ketones is 1. The number of aliphatic hydroxyl groups excluding tert-OH is 2. The van der Waals surface area contributed by atoms with Crippen LogP contribution in [-0.4, -0.2) is 66.0 Å². The number of morpholine rings is 1. The van der Waals surface area contributed by atoms with E-state index in [0.717, 1.165) is 58.4 Å². The highest BCUT2D eigenvalue weighted by Gasteiger charge is 2.62. The zero-order valence-electron chi connectivity index (χ0n) is 18.9. The van der Waals surface area contributed by atoms with Gasteiger partial charge in [0.05, 0.1) is 19.3 Å². The third-order valence-electron chi connectivity index (χ3n) is 10.7. The summed E-state index contributed by atoms with van der Waals surface area (Å²) in [5.74, 6) is 2.82. The second-order valence-corrected chi connectivity index (χ2v) is 11.7. The van der Waals surface area contributed by atoms with Gasteiger partial charge in [-0.05, 0) is 85.9 Å². The topological polar surface area (TPSA) is 70.0 Å². The first-order chi connectivity index (χ1) is 14.4. The molecule has 5 aliphatic rings. The molecule has 0 spiro atoms. The number of carbonyl (C=O) groups excluding carboxylic acids is 1. The Bertz CT molecular complexity index is 664. The van der Waals surface area contributed by atoms with Crippen LogP contribution in [0.3, 0.4) is 0 Å². The summed E-state index contributed by atoms with van der Waals surface area (Å²) in [5, 5.41) is 20.6. The van der Waals surface area contributed by atoms with Crippen molar-refractivity contribution in [2.45, 2.75) is 77.4 Å². The lowest BCUT2D eigenvalue weighted by Gasteiger charge is -2.62. The number of ether oxygens (including phenoxy) is 1. The van der Waals surface area contributed by atoms with Gasteiger partial charge in [-0.2, -0.15) is 0 Å². The summed E-state index contributed by atoms with van der Waals surface area (Å²) in [6.45, 7) is 8.08. The number of nitrogens with zero attached hydrogens (tertiary/aromatic N) is 1. The van der Waals surface area contributed by atoms with E-state index in [-0.39, 0.29) is 35.9 Å². The molecule has 1 unspecified atom stereocenters. The molecule has 1 saturated heterocycles. The van der Waals surface area contributed by atoms with Crippen LogP contribution in [0.4, 0.5) is 0 Å². The average Bonchev–Trinajstić information content (AvgIpc) is 3.11. The molecule has 170 valence electrons. The van der Waals surface area contributed by atoms with Crippen LogP contribution in [0.15, 0.2) is 0 Å². The van der Waals surface area contributed by atoms with Crippen LogP contribution in [0.1, 0.15) is 65.2 Å². The molecule has 0 radical (unpaired) electrons. The van der Waals surface area contributed by atoms with E-state index in [1.807, 2.05) is 0 Å². The van der Waals surface area contributed by atoms with Crippen molar-refractivity contribution in [3.63, 3.8) is 0 Å². The van der Waals surface area contributed by atoms with E-state index < -0.39 is 0 Å². The lowest BCUT2D eigenvalue weighted by Crippen LogP contribution is -2.60. The normalized spacial score (nSPS) is 51.7. The highest BCUT2D eigenvalue weighted by atomic mass is 16.5. The Morgan fingerprint density at radius 2 is 1.77 bits per heavy atom. The van der Waals surface area contributed by atoms with Gasteiger partial charge >= 0.3 is 0 Å². The summed E-state index contributed by atoms with van der Waals surface area (Å²) in [5.41, 5.74) is 0.382. The molecule has 1 heterocycles. The maximum absolute atomic E-state index is 12.5. The molecule has 2 N–H and O–H groups in total. The minimum atomic E-state index is -0.292. The summed E-state index contributed by atoms with van der Waals surface area (Å²) in [6, 6.07) is 0.273. The summed E-state index contributed by atoms with van der Waals surface area (Å²) in [6.07, 6.45) is 8.83. The lowest BCUT2D eigenvalue weighted by atomic mass is 9.44. The molecular formula is C25H41NO4. The first-order valence-corrected chi connectivity index (χ1v) is 12.5. The number of aliphatic hydroxyl groups is 2. The van der Waals surface area contributed by atoms with Gasteiger partial charge in [0.2, 0.25) is 0 Å². The molecule has 4 aliphatic carbocycles. The predicted octanol–water partition coefficient (Wildman–Crippen LogP) is 2.88. The van der Waals surface area contributed by atoms with E-state index in [4.69, 9.17) is 4.74 Å². The van der Waals surface area contributed by atoms with Gasteiger partial charge < -0.3 is 14.9 Å². The third kappa shape index (κ3) is 3.14. The van der Waals surface area contributed by atoms with E-state index >= 15 is 0 Å². The molecule has 5 rings (SSSR count). The fourth-order valence-electron chi connectivity index (χ4n) is 9.20. The molecule has 0 aromatic carbocycles. The summed E-state index contributed by atoms with van der Waals surface area (Å²) < 4.78 is 5.57. The van der Waals surface area contributed by atoms with Crippen LogP contribution >= 0.6 is 0 Å². The Morgan fingerprint density at radius 3 is 2.50 bits per heavy atom. The molecule has 0 bridgehead atoms. The van der Waals surface area contributed by atoms with Gasteiger partial charge in [-0.1, -0.05) is 13.8 Å². The largest absolute Gasteiger partial charge is 0.391 e. The van der Waals surface area contributed by atoms with E-state index in [1.54, 1.807) is 0 Å². The lowest BCUT2D eigenvalue weighted by molar-refractivity contribution is -0.157. The van der Waals surface area contributed by atoms with Gasteiger partial charge in [-0.15, -0.1) is 0 Å². The van der Waals surface area contributed by atoms with Gasteiger partial charge in [0.1, 0.15) is 6.61 Å². The molecule has 1 aliphatic heterocycles. The molecule has 0 aromatic rings. The second-order valence-electron chi connectivity index (χ2n) is 11.7. The number of rotatable bonds is 3. The number of hydrogen-bond donors (Lipinski definition) is 2. The Labute approximate surface area is 181 Å². The smallest absolute Gasteiger partial charge is 0.161 e. The minimum Gasteiger partial charge on any atom is -0.391 e. The highest BCUT2D eigenvalue weighted by Crippen LogP contribution is 2.67. The molecule has 0 amide bonds. The maximum atomic E-state index is 12.5. The SMILES string of the molecule is C[C@]12C[C@H](N3CCOCC3)[C@@H](O)C[C@@H]1CC[C@@H]1[C@@H]2CC[C@]2(C)C(C(=O)CO)CC[C@@H]12. The van der Waals surface area contributed by atoms with Crippen molar-refractivity contribution in [3.05, 3.63) is 0 Å². The van der Waals surface area contributed by atoms with Crippen molar-refractivity contribution in [2.75, 3.05) is 32.9 Å². The number of fused-ring (bicyclic) bond motifs is 5. The monoisotopic (exact) mass is 419 g/mol. The van der Waals surface area contributed by atoms with Crippen molar-refractivity contribution in [3.8, 4) is 0 Å². The van der Waals surface area contributed by atoms with Gasteiger partial charge in [-0.3, -0.25) is 9.69 Å².